The highest BCUT2D eigenvalue weighted by molar-refractivity contribution is 7.47. The number of allylic oxidation sites excluding steroid dienone is 4. The topological polar surface area (TPSA) is 326 Å². The Bertz CT molecular complexity index is 1630. The van der Waals surface area contributed by atoms with Crippen molar-refractivity contribution in [2.24, 2.45) is 5.92 Å². The van der Waals surface area contributed by atoms with Crippen LogP contribution < -0.4 is 0 Å². The Hall–Kier alpha value is -1.94. The molecule has 10 N–H and O–H groups in total. The molecule has 20 nitrogen and oxygen atoms in total. The summed E-state index contributed by atoms with van der Waals surface area (Å²) in [5, 5.41) is 78.9. The van der Waals surface area contributed by atoms with Crippen molar-refractivity contribution in [2.45, 2.75) is 242 Å². The summed E-state index contributed by atoms with van der Waals surface area (Å²) in [4.78, 5) is 56.8. The molecule has 0 aliphatic carbocycles. The van der Waals surface area contributed by atoms with E-state index in [2.05, 4.69) is 19.1 Å². The monoisotopic (exact) mass is 1060 g/mol. The first kappa shape index (κ1) is 65.2. The second-order valence-electron chi connectivity index (χ2n) is 18.8. The average molecular weight is 1060 g/mol. The molecule has 0 spiro atoms. The van der Waals surface area contributed by atoms with Gasteiger partial charge in [-0.05, 0) is 57.8 Å². The molecule has 0 aromatic rings. The van der Waals surface area contributed by atoms with Crippen molar-refractivity contribution in [3.8, 4) is 0 Å². The molecule has 0 amide bonds. The number of rotatable bonds is 27. The third kappa shape index (κ3) is 29.1. The highest BCUT2D eigenvalue weighted by atomic mass is 31.2. The molecule has 1 fully saturated rings. The number of fused-ring (bicyclic) bond motifs is 4. The van der Waals surface area contributed by atoms with E-state index in [1.807, 2.05) is 6.92 Å². The summed E-state index contributed by atoms with van der Waals surface area (Å²) in [6, 6.07) is 0. The lowest BCUT2D eigenvalue weighted by molar-refractivity contribution is -0.210. The van der Waals surface area contributed by atoms with Crippen LogP contribution in [0.4, 0.5) is 0 Å². The van der Waals surface area contributed by atoms with Crippen LogP contribution in [0.5, 0.6) is 0 Å². The molecule has 2 bridgehead atoms. The van der Waals surface area contributed by atoms with Gasteiger partial charge in [0.25, 0.3) is 0 Å². The van der Waals surface area contributed by atoms with E-state index in [9.17, 15) is 69.1 Å². The molecule has 1 saturated heterocycles. The minimum atomic E-state index is -5.79. The zero-order valence-corrected chi connectivity index (χ0v) is 43.7. The summed E-state index contributed by atoms with van der Waals surface area (Å²) in [5.41, 5.74) is 0. The van der Waals surface area contributed by atoms with Gasteiger partial charge in [-0.3, -0.25) is 23.2 Å². The number of esters is 2. The highest BCUT2D eigenvalue weighted by Crippen LogP contribution is 2.49. The Morgan fingerprint density at radius 1 is 0.831 bits per heavy atom. The number of aliphatic hydroxyl groups is 7. The van der Waals surface area contributed by atoms with Crippen molar-refractivity contribution < 1.29 is 96.9 Å². The predicted molar refractivity (Wildman–Crippen MR) is 263 cm³/mol. The number of phosphoric acid groups is 2. The summed E-state index contributed by atoms with van der Waals surface area (Å²) >= 11 is 0. The summed E-state index contributed by atoms with van der Waals surface area (Å²) < 4.78 is 57.8. The van der Waals surface area contributed by atoms with Gasteiger partial charge in [-0.1, -0.05) is 134 Å². The number of hydrogen-bond donors (Lipinski definition) is 10. The van der Waals surface area contributed by atoms with Crippen LogP contribution in [0, 0.1) is 5.92 Å². The molecule has 2 rings (SSSR count). The van der Waals surface area contributed by atoms with E-state index in [0.29, 0.717) is 12.8 Å². The first-order valence-electron chi connectivity index (χ1n) is 25.9. The van der Waals surface area contributed by atoms with Crippen LogP contribution >= 0.6 is 15.6 Å². The van der Waals surface area contributed by atoms with Gasteiger partial charge in [0.1, 0.15) is 43.2 Å². The van der Waals surface area contributed by atoms with Gasteiger partial charge in [0, 0.05) is 25.2 Å². The normalized spacial score (nSPS) is 31.2. The maximum atomic E-state index is 13.8. The van der Waals surface area contributed by atoms with Gasteiger partial charge in [-0.15, -0.1) is 0 Å². The Labute approximate surface area is 420 Å². The fraction of sp³-hybridized carbons (Fsp3) is 0.837. The van der Waals surface area contributed by atoms with Crippen LogP contribution in [-0.2, 0) is 46.5 Å². The SMILES string of the molecule is CCCCCCCC/C=C\CCCCCCCCCC(=O)OC[C@@H]1COP(=O)(O)O[C@H]2[C@H](O)[C@@H](O)[C@H](O)[C@@H](C/C=C\CCCC(=O)O1)[C@@H](O)CC(O)O[C@H](C=C[C@@H](O)CCCCC)[C@@H](O)[C@H]2OP(=O)(O)O. The first-order valence-corrected chi connectivity index (χ1v) is 29.0. The lowest BCUT2D eigenvalue weighted by atomic mass is 9.83. The molecule has 2 aliphatic rings. The number of hydrogen-bond acceptors (Lipinski definition) is 17. The Morgan fingerprint density at radius 2 is 1.44 bits per heavy atom. The van der Waals surface area contributed by atoms with Crippen molar-refractivity contribution in [2.75, 3.05) is 13.2 Å². The smallest absolute Gasteiger partial charge is 0.462 e. The molecule has 71 heavy (non-hydrogen) atoms. The van der Waals surface area contributed by atoms with Crippen molar-refractivity contribution in [3.63, 3.8) is 0 Å². The summed E-state index contributed by atoms with van der Waals surface area (Å²) in [6.07, 6.45) is 4.73. The van der Waals surface area contributed by atoms with Crippen LogP contribution in [0.15, 0.2) is 36.5 Å². The number of carbonyl (C=O) groups is 2. The fourth-order valence-electron chi connectivity index (χ4n) is 8.36. The van der Waals surface area contributed by atoms with Crippen molar-refractivity contribution in [3.05, 3.63) is 36.5 Å². The molecule has 2 heterocycles. The standard InChI is InChI=1S/C49H88O20P2/c1-3-5-7-8-9-10-11-12-13-14-15-16-17-18-19-20-25-29-41(52)64-34-37-35-65-71(62,63)69-49-47(58)46(57)44(55)38(28-24-21-22-26-30-42(53)66-37)39(51)33-43(54)67-40(32-31-36(50)27-23-6-4-2)45(56)48(49)68-70(59,60)61/h12-13,21,24,31-32,36-40,43-51,54-58H,3-11,14-20,22-23,25-30,33-35H2,1-2H3,(H,62,63)(H2,59,60,61)/b13-12-,24-21-,32-31?/t36-,37+,38-,39-,40+,43?,44+,45+,46-,47+,48+,49-/m0/s1. The zero-order chi connectivity index (χ0) is 52.7. The predicted octanol–water partition coefficient (Wildman–Crippen LogP) is 6.39. The highest BCUT2D eigenvalue weighted by Gasteiger charge is 2.50. The molecule has 0 radical (unpaired) electrons. The number of phosphoric ester groups is 2. The average Bonchev–Trinajstić information content (AvgIpc) is 3.31. The summed E-state index contributed by atoms with van der Waals surface area (Å²) in [7, 11) is -11.5. The van der Waals surface area contributed by atoms with E-state index < -0.39 is 120 Å². The Kier molecular flexibility index (Phi) is 33.9. The van der Waals surface area contributed by atoms with Gasteiger partial charge in [-0.2, -0.15) is 0 Å². The minimum Gasteiger partial charge on any atom is -0.462 e. The molecule has 22 heteroatoms. The van der Waals surface area contributed by atoms with E-state index in [4.69, 9.17) is 27.8 Å². The van der Waals surface area contributed by atoms with E-state index in [1.165, 1.54) is 44.6 Å². The molecule has 414 valence electrons. The molecule has 0 saturated carbocycles. The lowest BCUT2D eigenvalue weighted by Gasteiger charge is -2.41. The number of aliphatic hydroxyl groups excluding tert-OH is 7. The van der Waals surface area contributed by atoms with Gasteiger partial charge in [0.15, 0.2) is 12.4 Å². The van der Waals surface area contributed by atoms with Gasteiger partial charge < -0.3 is 64.6 Å². The number of unbranched alkanes of at least 4 members (excludes halogenated alkanes) is 15. The second-order valence-corrected chi connectivity index (χ2v) is 21.4. The van der Waals surface area contributed by atoms with Crippen LogP contribution in [-0.4, -0.2) is 143 Å². The Morgan fingerprint density at radius 3 is 2.07 bits per heavy atom. The second kappa shape index (κ2) is 36.9. The quantitative estimate of drug-likeness (QED) is 0.0184. The van der Waals surface area contributed by atoms with Gasteiger partial charge in [-0.25, -0.2) is 9.13 Å². The number of ether oxygens (including phenoxy) is 3. The first-order chi connectivity index (χ1) is 33.8. The molecular formula is C49H88O20P2. The number of cyclic esters (lactones) is 1. The van der Waals surface area contributed by atoms with Crippen molar-refractivity contribution in [1.82, 2.24) is 0 Å². The van der Waals surface area contributed by atoms with E-state index >= 15 is 0 Å². The third-order valence-corrected chi connectivity index (χ3v) is 14.0. The van der Waals surface area contributed by atoms with Crippen LogP contribution in [0.3, 0.4) is 0 Å². The van der Waals surface area contributed by atoms with Gasteiger partial charge in [0.2, 0.25) is 0 Å². The van der Waals surface area contributed by atoms with Crippen molar-refractivity contribution in [1.29, 1.82) is 0 Å². The lowest BCUT2D eigenvalue weighted by Crippen LogP contribution is -2.58. The fourth-order valence-corrected chi connectivity index (χ4v) is 9.89. The van der Waals surface area contributed by atoms with Gasteiger partial charge >= 0.3 is 27.6 Å². The molecule has 13 atom stereocenters. The zero-order valence-electron chi connectivity index (χ0n) is 41.9. The molecular weight excluding hydrogens is 970 g/mol. The number of carbonyl (C=O) groups excluding carboxylic acids is 2. The molecule has 2 aliphatic heterocycles. The van der Waals surface area contributed by atoms with E-state index in [-0.39, 0.29) is 38.5 Å². The summed E-state index contributed by atoms with van der Waals surface area (Å²) in [6.45, 7) is 2.55. The minimum absolute atomic E-state index is 0.0442. The molecule has 0 aromatic heterocycles. The van der Waals surface area contributed by atoms with Gasteiger partial charge in [0.05, 0.1) is 24.9 Å². The molecule has 0 aromatic carbocycles. The third-order valence-electron chi connectivity index (χ3n) is 12.5. The van der Waals surface area contributed by atoms with Crippen molar-refractivity contribution >= 4 is 27.6 Å². The summed E-state index contributed by atoms with van der Waals surface area (Å²) in [5.74, 6) is -2.86. The van der Waals surface area contributed by atoms with Crippen LogP contribution in [0.1, 0.15) is 174 Å². The van der Waals surface area contributed by atoms with E-state index in [0.717, 1.165) is 76.4 Å². The van der Waals surface area contributed by atoms with E-state index in [1.54, 1.807) is 6.08 Å². The van der Waals surface area contributed by atoms with Crippen LogP contribution in [0.25, 0.3) is 0 Å². The maximum absolute atomic E-state index is 13.8. The maximum Gasteiger partial charge on any atom is 0.472 e. The van der Waals surface area contributed by atoms with Crippen LogP contribution in [0.2, 0.25) is 0 Å². The molecule has 2 unspecified atom stereocenters. The largest absolute Gasteiger partial charge is 0.472 e. The Balaban J connectivity index is 2.25.